The minimum absolute atomic E-state index is 0.486. The molecule has 0 radical (unpaired) electrons. The van der Waals surface area contributed by atoms with Crippen molar-refractivity contribution < 1.29 is 9.31 Å². The van der Waals surface area contributed by atoms with Gasteiger partial charge in [-0.2, -0.15) is 0 Å². The Balaban J connectivity index is 1.53. The Morgan fingerprint density at radius 2 is 1.09 bits per heavy atom. The molecule has 0 bridgehead atoms. The van der Waals surface area contributed by atoms with Crippen LogP contribution in [0.4, 0.5) is 0 Å². The maximum absolute atomic E-state index is 6.91. The molecule has 1 saturated heterocycles. The summed E-state index contributed by atoms with van der Waals surface area (Å²) in [4.78, 5) is 0. The van der Waals surface area contributed by atoms with E-state index >= 15 is 0 Å². The summed E-state index contributed by atoms with van der Waals surface area (Å²) in [6, 6.07) is 52.9. The predicted molar refractivity (Wildman–Crippen MR) is 194 cm³/mol. The van der Waals surface area contributed by atoms with Crippen molar-refractivity contribution >= 4 is 34.4 Å². The van der Waals surface area contributed by atoms with Crippen molar-refractivity contribution in [3.05, 3.63) is 168 Å². The second-order valence-corrected chi connectivity index (χ2v) is 13.9. The van der Waals surface area contributed by atoms with Gasteiger partial charge in [-0.3, -0.25) is 0 Å². The topological polar surface area (TPSA) is 23.4 Å². The molecule has 9 rings (SSSR count). The van der Waals surface area contributed by atoms with Crippen molar-refractivity contribution in [3.63, 3.8) is 0 Å². The molecule has 47 heavy (non-hydrogen) atoms. The third-order valence-corrected chi connectivity index (χ3v) is 10.9. The molecular weight excluding hydrogens is 573 g/mol. The third-order valence-electron chi connectivity index (χ3n) is 10.9. The van der Waals surface area contributed by atoms with Gasteiger partial charge in [0.25, 0.3) is 0 Å². The van der Waals surface area contributed by atoms with Gasteiger partial charge in [0.15, 0.2) is 0 Å². The summed E-state index contributed by atoms with van der Waals surface area (Å²) >= 11 is 0. The van der Waals surface area contributed by atoms with Gasteiger partial charge >= 0.3 is 7.12 Å². The highest BCUT2D eigenvalue weighted by atomic mass is 16.7. The van der Waals surface area contributed by atoms with Gasteiger partial charge < -0.3 is 13.9 Å². The lowest BCUT2D eigenvalue weighted by Crippen LogP contribution is -2.41. The van der Waals surface area contributed by atoms with Crippen LogP contribution in [-0.2, 0) is 14.7 Å². The quantitative estimate of drug-likeness (QED) is 0.186. The lowest BCUT2D eigenvalue weighted by molar-refractivity contribution is 0.00578. The first-order chi connectivity index (χ1) is 22.8. The van der Waals surface area contributed by atoms with E-state index in [9.17, 15) is 0 Å². The minimum atomic E-state index is -0.557. The maximum Gasteiger partial charge on any atom is 0.495 e. The zero-order chi connectivity index (χ0) is 32.0. The molecule has 1 aliphatic carbocycles. The summed E-state index contributed by atoms with van der Waals surface area (Å²) in [6.07, 6.45) is 0. The average Bonchev–Trinajstić information content (AvgIpc) is 3.67. The van der Waals surface area contributed by atoms with E-state index in [4.69, 9.17) is 9.31 Å². The zero-order valence-electron chi connectivity index (χ0n) is 27.2. The van der Waals surface area contributed by atoms with Crippen LogP contribution in [0, 0.1) is 0 Å². The molecule has 0 saturated carbocycles. The average molecular weight is 610 g/mol. The molecule has 228 valence electrons. The summed E-state index contributed by atoms with van der Waals surface area (Å²) in [5.41, 5.74) is 10.5. The Morgan fingerprint density at radius 3 is 1.72 bits per heavy atom. The lowest BCUT2D eigenvalue weighted by atomic mass is 9.65. The highest BCUT2D eigenvalue weighted by Gasteiger charge is 2.54. The molecule has 2 aliphatic rings. The Morgan fingerprint density at radius 1 is 0.553 bits per heavy atom. The number of benzene rings is 6. The number of rotatable bonds is 4. The Kier molecular flexibility index (Phi) is 6.06. The third kappa shape index (κ3) is 3.83. The molecule has 1 fully saturated rings. The molecular formula is C43H36BNO2. The van der Waals surface area contributed by atoms with Crippen LogP contribution in [0.25, 0.3) is 38.6 Å². The zero-order valence-corrected chi connectivity index (χ0v) is 27.2. The molecule has 0 N–H and O–H groups in total. The number of aromatic nitrogens is 1. The maximum atomic E-state index is 6.91. The fourth-order valence-corrected chi connectivity index (χ4v) is 8.10. The standard InChI is InChI=1S/C43H36BNO2/c1-41(2)42(3,4)47-44(46-41)36-28-35-38(40-39(36)33-25-15-17-27-37(33)45(40)31-22-12-7-13-23-31)32-24-14-16-26-34(32)43(35,29-18-8-5-9-19-29)30-20-10-6-11-21-30/h5-28H,1-4H3. The van der Waals surface area contributed by atoms with E-state index in [0.717, 1.165) is 16.7 Å². The number of fused-ring (bicyclic) bond motifs is 7. The van der Waals surface area contributed by atoms with Crippen molar-refractivity contribution in [2.45, 2.75) is 44.3 Å². The minimum Gasteiger partial charge on any atom is -0.399 e. The van der Waals surface area contributed by atoms with Gasteiger partial charge in [-0.15, -0.1) is 0 Å². The summed E-state index contributed by atoms with van der Waals surface area (Å²) in [6.45, 7) is 8.55. The molecule has 6 aromatic carbocycles. The monoisotopic (exact) mass is 609 g/mol. The van der Waals surface area contributed by atoms with Gasteiger partial charge in [-0.25, -0.2) is 0 Å². The Labute approximate surface area is 276 Å². The SMILES string of the molecule is CC1(C)OB(c2cc3c(c4c2c2ccccc2n4-c2ccccc2)-c2ccccc2C3(c2ccccc2)c2ccccc2)OC1(C)C. The van der Waals surface area contributed by atoms with Crippen molar-refractivity contribution in [3.8, 4) is 16.8 Å². The van der Waals surface area contributed by atoms with Crippen LogP contribution in [0.15, 0.2) is 146 Å². The number of hydrogen-bond donors (Lipinski definition) is 0. The van der Waals surface area contributed by atoms with Gasteiger partial charge in [0.1, 0.15) is 0 Å². The molecule has 0 spiro atoms. The van der Waals surface area contributed by atoms with E-state index < -0.39 is 23.7 Å². The van der Waals surface area contributed by atoms with Gasteiger partial charge in [0.05, 0.1) is 27.7 Å². The second-order valence-electron chi connectivity index (χ2n) is 13.9. The highest BCUT2D eigenvalue weighted by molar-refractivity contribution is 6.66. The molecule has 0 amide bonds. The van der Waals surface area contributed by atoms with Crippen LogP contribution in [0.1, 0.15) is 49.9 Å². The fourth-order valence-electron chi connectivity index (χ4n) is 8.10. The smallest absolute Gasteiger partial charge is 0.399 e. The van der Waals surface area contributed by atoms with Crippen LogP contribution in [0.5, 0.6) is 0 Å². The second kappa shape index (κ2) is 10.1. The van der Waals surface area contributed by atoms with E-state index in [1.54, 1.807) is 0 Å². The van der Waals surface area contributed by atoms with Gasteiger partial charge in [-0.1, -0.05) is 127 Å². The first-order valence-corrected chi connectivity index (χ1v) is 16.6. The van der Waals surface area contributed by atoms with Crippen molar-refractivity contribution in [1.29, 1.82) is 0 Å². The molecule has 1 aromatic heterocycles. The summed E-state index contributed by atoms with van der Waals surface area (Å²) in [7, 11) is -0.546. The Bertz CT molecular complexity index is 2250. The highest BCUT2D eigenvalue weighted by Crippen LogP contribution is 2.58. The molecule has 7 aromatic rings. The first kappa shape index (κ1) is 28.3. The van der Waals surface area contributed by atoms with E-state index in [-0.39, 0.29) is 0 Å². The van der Waals surface area contributed by atoms with E-state index in [0.29, 0.717) is 0 Å². The molecule has 1 aliphatic heterocycles. The predicted octanol–water partition coefficient (Wildman–Crippen LogP) is 9.45. The van der Waals surface area contributed by atoms with E-state index in [1.165, 1.54) is 49.7 Å². The largest absolute Gasteiger partial charge is 0.495 e. The van der Waals surface area contributed by atoms with Crippen LogP contribution in [0.3, 0.4) is 0 Å². The summed E-state index contributed by atoms with van der Waals surface area (Å²) in [5, 5.41) is 2.36. The Hall–Kier alpha value is -4.90. The number of nitrogens with zero attached hydrogens (tertiary/aromatic N) is 1. The molecule has 2 heterocycles. The van der Waals surface area contributed by atoms with Crippen LogP contribution in [-0.4, -0.2) is 22.9 Å². The van der Waals surface area contributed by atoms with Crippen molar-refractivity contribution in [1.82, 2.24) is 4.57 Å². The van der Waals surface area contributed by atoms with Gasteiger partial charge in [-0.05, 0) is 79.2 Å². The molecule has 4 heteroatoms. The van der Waals surface area contributed by atoms with Crippen LogP contribution < -0.4 is 5.46 Å². The van der Waals surface area contributed by atoms with Gasteiger partial charge in [0.2, 0.25) is 0 Å². The van der Waals surface area contributed by atoms with Crippen LogP contribution >= 0.6 is 0 Å². The number of para-hydroxylation sites is 2. The van der Waals surface area contributed by atoms with Crippen LogP contribution in [0.2, 0.25) is 0 Å². The summed E-state index contributed by atoms with van der Waals surface area (Å²) in [5.74, 6) is 0. The van der Waals surface area contributed by atoms with E-state index in [2.05, 4.69) is 178 Å². The normalized spacial score (nSPS) is 17.2. The molecule has 3 nitrogen and oxygen atoms in total. The van der Waals surface area contributed by atoms with Crippen molar-refractivity contribution in [2.75, 3.05) is 0 Å². The van der Waals surface area contributed by atoms with Crippen molar-refractivity contribution in [2.24, 2.45) is 0 Å². The summed E-state index contributed by atoms with van der Waals surface area (Å²) < 4.78 is 16.3. The fraction of sp³-hybridized carbons (Fsp3) is 0.163. The van der Waals surface area contributed by atoms with E-state index in [1.807, 2.05) is 0 Å². The molecule has 0 atom stereocenters. The van der Waals surface area contributed by atoms with Gasteiger partial charge in [0, 0.05) is 22.0 Å². The first-order valence-electron chi connectivity index (χ1n) is 16.6. The lowest BCUT2D eigenvalue weighted by Gasteiger charge is -2.34. The molecule has 0 unspecified atom stereocenters. The number of hydrogen-bond acceptors (Lipinski definition) is 2.